The van der Waals surface area contributed by atoms with Crippen LogP contribution in [0.2, 0.25) is 0 Å². The van der Waals surface area contributed by atoms with E-state index in [1.54, 1.807) is 23.9 Å². The molecule has 2 N–H and O–H groups in total. The molecule has 0 amide bonds. The van der Waals surface area contributed by atoms with E-state index in [1.807, 2.05) is 32.2 Å². The summed E-state index contributed by atoms with van der Waals surface area (Å²) in [5.41, 5.74) is 0.668. The van der Waals surface area contributed by atoms with E-state index in [0.717, 1.165) is 12.2 Å². The van der Waals surface area contributed by atoms with Crippen molar-refractivity contribution in [2.24, 2.45) is 0 Å². The maximum absolute atomic E-state index is 12.3. The first-order valence-electron chi connectivity index (χ1n) is 6.77. The molecular formula is C14H24N2O2S2. The molecule has 0 aliphatic rings. The fourth-order valence-corrected chi connectivity index (χ4v) is 4.02. The highest BCUT2D eigenvalue weighted by molar-refractivity contribution is 7.98. The van der Waals surface area contributed by atoms with Gasteiger partial charge in [-0.2, -0.15) is 11.8 Å². The Morgan fingerprint density at radius 3 is 2.45 bits per heavy atom. The van der Waals surface area contributed by atoms with Gasteiger partial charge in [0.25, 0.3) is 0 Å². The number of para-hydroxylation sites is 1. The predicted octanol–water partition coefficient (Wildman–Crippen LogP) is 2.93. The third-order valence-corrected chi connectivity index (χ3v) is 5.24. The lowest BCUT2D eigenvalue weighted by Crippen LogP contribution is -2.31. The number of hydrogen-bond donors (Lipinski definition) is 2. The van der Waals surface area contributed by atoms with Crippen LogP contribution in [0.5, 0.6) is 0 Å². The van der Waals surface area contributed by atoms with Crippen LogP contribution in [0.4, 0.5) is 5.69 Å². The van der Waals surface area contributed by atoms with Gasteiger partial charge < -0.3 is 5.32 Å². The van der Waals surface area contributed by atoms with Gasteiger partial charge in [0.15, 0.2) is 0 Å². The molecule has 4 nitrogen and oxygen atoms in total. The molecule has 1 aromatic rings. The number of nitrogens with one attached hydrogen (secondary N) is 2. The van der Waals surface area contributed by atoms with E-state index in [0.29, 0.717) is 10.6 Å². The van der Waals surface area contributed by atoms with Crippen LogP contribution < -0.4 is 10.0 Å². The molecule has 0 saturated carbocycles. The smallest absolute Gasteiger partial charge is 0.242 e. The van der Waals surface area contributed by atoms with Crippen molar-refractivity contribution < 1.29 is 8.42 Å². The number of sulfonamides is 1. The van der Waals surface area contributed by atoms with E-state index >= 15 is 0 Å². The summed E-state index contributed by atoms with van der Waals surface area (Å²) in [4.78, 5) is 0.313. The second-order valence-corrected chi connectivity index (χ2v) is 7.57. The van der Waals surface area contributed by atoms with Crippen molar-refractivity contribution in [3.63, 3.8) is 0 Å². The molecule has 114 valence electrons. The van der Waals surface area contributed by atoms with Gasteiger partial charge in [-0.25, -0.2) is 13.1 Å². The Labute approximate surface area is 126 Å². The average molecular weight is 316 g/mol. The SMILES string of the molecule is CCC(CSC)Nc1ccccc1S(=O)(=O)NC(C)C. The lowest BCUT2D eigenvalue weighted by molar-refractivity contribution is 0.570. The van der Waals surface area contributed by atoms with Gasteiger partial charge in [0.1, 0.15) is 4.90 Å². The summed E-state index contributed by atoms with van der Waals surface area (Å²) < 4.78 is 27.3. The van der Waals surface area contributed by atoms with Gasteiger partial charge in [0, 0.05) is 17.8 Å². The van der Waals surface area contributed by atoms with Gasteiger partial charge in [-0.05, 0) is 38.7 Å². The molecule has 0 spiro atoms. The van der Waals surface area contributed by atoms with Gasteiger partial charge in [-0.15, -0.1) is 0 Å². The van der Waals surface area contributed by atoms with Crippen molar-refractivity contribution >= 4 is 27.5 Å². The largest absolute Gasteiger partial charge is 0.380 e. The van der Waals surface area contributed by atoms with Gasteiger partial charge in [0.05, 0.1) is 5.69 Å². The fourth-order valence-electron chi connectivity index (χ4n) is 1.88. The Morgan fingerprint density at radius 1 is 1.25 bits per heavy atom. The summed E-state index contributed by atoms with van der Waals surface area (Å²) in [6.45, 7) is 5.73. The van der Waals surface area contributed by atoms with Crippen LogP contribution in [0.3, 0.4) is 0 Å². The van der Waals surface area contributed by atoms with E-state index in [2.05, 4.69) is 17.0 Å². The van der Waals surface area contributed by atoms with E-state index in [1.165, 1.54) is 0 Å². The molecule has 20 heavy (non-hydrogen) atoms. The normalized spacial score (nSPS) is 13.4. The third-order valence-electron chi connectivity index (χ3n) is 2.79. The van der Waals surface area contributed by atoms with Crippen molar-refractivity contribution in [2.75, 3.05) is 17.3 Å². The summed E-state index contributed by atoms with van der Waals surface area (Å²) in [7, 11) is -3.48. The zero-order valence-electron chi connectivity index (χ0n) is 12.5. The van der Waals surface area contributed by atoms with E-state index in [4.69, 9.17) is 0 Å². The van der Waals surface area contributed by atoms with E-state index < -0.39 is 10.0 Å². The fraction of sp³-hybridized carbons (Fsp3) is 0.571. The van der Waals surface area contributed by atoms with Gasteiger partial charge in [-0.1, -0.05) is 19.1 Å². The van der Waals surface area contributed by atoms with Crippen LogP contribution in [0.25, 0.3) is 0 Å². The monoisotopic (exact) mass is 316 g/mol. The van der Waals surface area contributed by atoms with Crippen LogP contribution in [0.1, 0.15) is 27.2 Å². The number of rotatable bonds is 8. The Morgan fingerprint density at radius 2 is 1.90 bits per heavy atom. The standard InChI is InChI=1S/C14H24N2O2S2/c1-5-12(10-19-4)15-13-8-6-7-9-14(13)20(17,18)16-11(2)3/h6-9,11-12,15-16H,5,10H2,1-4H3. The number of benzene rings is 1. The van der Waals surface area contributed by atoms with Crippen molar-refractivity contribution in [2.45, 2.75) is 44.2 Å². The zero-order valence-corrected chi connectivity index (χ0v) is 14.1. The van der Waals surface area contributed by atoms with Crippen LogP contribution >= 0.6 is 11.8 Å². The molecular weight excluding hydrogens is 292 g/mol. The van der Waals surface area contributed by atoms with E-state index in [9.17, 15) is 8.42 Å². The molecule has 0 heterocycles. The molecule has 0 radical (unpaired) electrons. The molecule has 1 atom stereocenters. The van der Waals surface area contributed by atoms with Crippen molar-refractivity contribution in [1.29, 1.82) is 0 Å². The van der Waals surface area contributed by atoms with Crippen molar-refractivity contribution in [3.05, 3.63) is 24.3 Å². The lowest BCUT2D eigenvalue weighted by Gasteiger charge is -2.20. The number of anilines is 1. The van der Waals surface area contributed by atoms with E-state index in [-0.39, 0.29) is 12.1 Å². The maximum Gasteiger partial charge on any atom is 0.242 e. The Kier molecular flexibility index (Phi) is 6.85. The Bertz CT molecular complexity index is 516. The maximum atomic E-state index is 12.3. The summed E-state index contributed by atoms with van der Waals surface area (Å²) in [5, 5.41) is 3.34. The number of thioether (sulfide) groups is 1. The molecule has 1 unspecified atom stereocenters. The molecule has 1 rings (SSSR count). The first-order valence-corrected chi connectivity index (χ1v) is 9.65. The van der Waals surface area contributed by atoms with Gasteiger partial charge in [-0.3, -0.25) is 0 Å². The summed E-state index contributed by atoms with van der Waals surface area (Å²) in [5.74, 6) is 0.947. The molecule has 0 fully saturated rings. The minimum Gasteiger partial charge on any atom is -0.380 e. The van der Waals surface area contributed by atoms with Crippen molar-refractivity contribution in [1.82, 2.24) is 4.72 Å². The minimum absolute atomic E-state index is 0.124. The first kappa shape index (κ1) is 17.3. The third kappa shape index (κ3) is 5.00. The molecule has 6 heteroatoms. The first-order chi connectivity index (χ1) is 9.40. The molecule has 0 aliphatic heterocycles. The van der Waals surface area contributed by atoms with Gasteiger partial charge in [0.2, 0.25) is 10.0 Å². The number of hydrogen-bond acceptors (Lipinski definition) is 4. The zero-order chi connectivity index (χ0) is 15.2. The van der Waals surface area contributed by atoms with Crippen LogP contribution in [0, 0.1) is 0 Å². The summed E-state index contributed by atoms with van der Waals surface area (Å²) in [6.07, 6.45) is 3.00. The topological polar surface area (TPSA) is 58.2 Å². The average Bonchev–Trinajstić information content (AvgIpc) is 2.37. The van der Waals surface area contributed by atoms with Crippen molar-refractivity contribution in [3.8, 4) is 0 Å². The molecule has 0 saturated heterocycles. The summed E-state index contributed by atoms with van der Waals surface area (Å²) in [6, 6.07) is 7.19. The molecule has 1 aromatic carbocycles. The highest BCUT2D eigenvalue weighted by atomic mass is 32.2. The molecule has 0 aliphatic carbocycles. The van der Waals surface area contributed by atoms with Crippen LogP contribution in [-0.4, -0.2) is 32.5 Å². The molecule has 0 bridgehead atoms. The quantitative estimate of drug-likeness (QED) is 0.774. The highest BCUT2D eigenvalue weighted by Crippen LogP contribution is 2.22. The Hall–Kier alpha value is -0.720. The van der Waals surface area contributed by atoms with Crippen LogP contribution in [0.15, 0.2) is 29.2 Å². The van der Waals surface area contributed by atoms with Crippen LogP contribution in [-0.2, 0) is 10.0 Å². The minimum atomic E-state index is -3.48. The predicted molar refractivity (Wildman–Crippen MR) is 88.0 cm³/mol. The summed E-state index contributed by atoms with van der Waals surface area (Å²) >= 11 is 1.75. The lowest BCUT2D eigenvalue weighted by atomic mass is 10.2. The Balaban J connectivity index is 3.04. The highest BCUT2D eigenvalue weighted by Gasteiger charge is 2.20. The van der Waals surface area contributed by atoms with Gasteiger partial charge >= 0.3 is 0 Å². The molecule has 0 aromatic heterocycles. The second-order valence-electron chi connectivity index (χ2n) is 4.98. The second kappa shape index (κ2) is 7.90.